The van der Waals surface area contributed by atoms with Crippen molar-refractivity contribution in [2.75, 3.05) is 13.2 Å². The van der Waals surface area contributed by atoms with Crippen LogP contribution in [0.5, 0.6) is 0 Å². The van der Waals surface area contributed by atoms with Gasteiger partial charge in [0.15, 0.2) is 0 Å². The minimum Gasteiger partial charge on any atom is -0.378 e. The number of ether oxygens (including phenoxy) is 1. The molecule has 3 heterocycles. The molecule has 1 fully saturated rings. The normalized spacial score (nSPS) is 24.3. The molecule has 118 valence electrons. The second-order valence-electron chi connectivity index (χ2n) is 6.15. The van der Waals surface area contributed by atoms with E-state index in [2.05, 4.69) is 52.4 Å². The van der Waals surface area contributed by atoms with Gasteiger partial charge in [0.2, 0.25) is 0 Å². The third-order valence-corrected chi connectivity index (χ3v) is 4.96. The number of morpholine rings is 1. The smallest absolute Gasteiger partial charge is 0.136 e. The molecule has 2 unspecified atom stereocenters. The van der Waals surface area contributed by atoms with Crippen LogP contribution in [0.2, 0.25) is 5.15 Å². The number of halogens is 1. The number of pyridine rings is 1. The minimum atomic E-state index is 0.300. The zero-order valence-electron chi connectivity index (χ0n) is 12.9. The fourth-order valence-electron chi connectivity index (χ4n) is 3.53. The molecular weight excluding hydrogens is 308 g/mol. The molecular formula is C19H19ClN2O. The number of benzene rings is 1. The summed E-state index contributed by atoms with van der Waals surface area (Å²) < 4.78 is 5.78. The summed E-state index contributed by atoms with van der Waals surface area (Å²) in [6.45, 7) is 2.48. The summed E-state index contributed by atoms with van der Waals surface area (Å²) in [6, 6.07) is 15.3. The molecule has 4 rings (SSSR count). The van der Waals surface area contributed by atoms with Crippen molar-refractivity contribution in [2.45, 2.75) is 25.0 Å². The van der Waals surface area contributed by atoms with E-state index in [9.17, 15) is 0 Å². The molecule has 2 bridgehead atoms. The van der Waals surface area contributed by atoms with Crippen molar-refractivity contribution in [2.24, 2.45) is 0 Å². The standard InChI is InChI=1S/C19H19ClN2O/c20-19-18(7-4-8-21-19)15-9-16-12-23-13-17(10-15)22(16)11-14-5-2-1-3-6-14/h1-9,16-17H,10-13H2. The first-order valence-corrected chi connectivity index (χ1v) is 8.38. The third-order valence-electron chi connectivity index (χ3n) is 4.66. The van der Waals surface area contributed by atoms with Gasteiger partial charge in [-0.15, -0.1) is 0 Å². The molecule has 0 aliphatic carbocycles. The molecule has 2 atom stereocenters. The molecule has 0 saturated carbocycles. The number of hydrogen-bond donors (Lipinski definition) is 0. The number of fused-ring (bicyclic) bond motifs is 2. The van der Waals surface area contributed by atoms with E-state index >= 15 is 0 Å². The van der Waals surface area contributed by atoms with Crippen LogP contribution in [0, 0.1) is 0 Å². The number of nitrogens with zero attached hydrogens (tertiary/aromatic N) is 2. The van der Waals surface area contributed by atoms with E-state index in [0.29, 0.717) is 17.2 Å². The minimum absolute atomic E-state index is 0.300. The fourth-order valence-corrected chi connectivity index (χ4v) is 3.77. The number of aromatic nitrogens is 1. The van der Waals surface area contributed by atoms with Crippen molar-refractivity contribution in [1.82, 2.24) is 9.88 Å². The maximum Gasteiger partial charge on any atom is 0.136 e. The monoisotopic (exact) mass is 326 g/mol. The van der Waals surface area contributed by atoms with Gasteiger partial charge in [0.25, 0.3) is 0 Å². The summed E-state index contributed by atoms with van der Waals surface area (Å²) in [5, 5.41) is 0.592. The predicted octanol–water partition coefficient (Wildman–Crippen LogP) is 3.79. The highest BCUT2D eigenvalue weighted by atomic mass is 35.5. The molecule has 0 N–H and O–H groups in total. The van der Waals surface area contributed by atoms with Crippen LogP contribution in [-0.2, 0) is 11.3 Å². The summed E-state index contributed by atoms with van der Waals surface area (Å²) >= 11 is 6.28. The summed E-state index contributed by atoms with van der Waals surface area (Å²) in [5.74, 6) is 0. The first-order chi connectivity index (χ1) is 11.3. The first kappa shape index (κ1) is 14.9. The van der Waals surface area contributed by atoms with Gasteiger partial charge in [-0.05, 0) is 23.6 Å². The third kappa shape index (κ3) is 3.05. The Morgan fingerprint density at radius 3 is 2.78 bits per heavy atom. The molecule has 0 amide bonds. The van der Waals surface area contributed by atoms with Crippen molar-refractivity contribution >= 4 is 17.2 Å². The Kier molecular flexibility index (Phi) is 4.17. The Labute approximate surface area is 141 Å². The van der Waals surface area contributed by atoms with Gasteiger partial charge >= 0.3 is 0 Å². The molecule has 2 aromatic rings. The average molecular weight is 327 g/mol. The van der Waals surface area contributed by atoms with Gasteiger partial charge in [-0.1, -0.05) is 54.1 Å². The van der Waals surface area contributed by atoms with Gasteiger partial charge in [0, 0.05) is 24.3 Å². The fraction of sp³-hybridized carbons (Fsp3) is 0.316. The van der Waals surface area contributed by atoms with Crippen molar-refractivity contribution in [3.8, 4) is 0 Å². The van der Waals surface area contributed by atoms with E-state index < -0.39 is 0 Å². The van der Waals surface area contributed by atoms with E-state index in [0.717, 1.165) is 31.7 Å². The van der Waals surface area contributed by atoms with Crippen LogP contribution in [0.4, 0.5) is 0 Å². The topological polar surface area (TPSA) is 25.4 Å². The zero-order chi connectivity index (χ0) is 15.6. The lowest BCUT2D eigenvalue weighted by atomic mass is 9.90. The average Bonchev–Trinajstić information content (AvgIpc) is 2.56. The quantitative estimate of drug-likeness (QED) is 0.802. The Hall–Kier alpha value is -1.68. The van der Waals surface area contributed by atoms with E-state index in [1.807, 2.05) is 6.07 Å². The second-order valence-corrected chi connectivity index (χ2v) is 6.51. The molecule has 2 aliphatic heterocycles. The summed E-state index contributed by atoms with van der Waals surface area (Å²) in [7, 11) is 0. The SMILES string of the molecule is Clc1ncccc1C1=CC2COCC(C1)N2Cc1ccccc1. The van der Waals surface area contributed by atoms with Crippen molar-refractivity contribution < 1.29 is 4.74 Å². The number of hydrogen-bond acceptors (Lipinski definition) is 3. The molecule has 0 radical (unpaired) electrons. The van der Waals surface area contributed by atoms with E-state index in [-0.39, 0.29) is 0 Å². The predicted molar refractivity (Wildman–Crippen MR) is 92.2 cm³/mol. The lowest BCUT2D eigenvalue weighted by molar-refractivity contribution is -0.0402. The van der Waals surface area contributed by atoms with Crippen LogP contribution >= 0.6 is 11.6 Å². The van der Waals surface area contributed by atoms with Crippen molar-refractivity contribution in [3.63, 3.8) is 0 Å². The zero-order valence-corrected chi connectivity index (χ0v) is 13.6. The highest BCUT2D eigenvalue weighted by molar-refractivity contribution is 6.31. The van der Waals surface area contributed by atoms with Gasteiger partial charge in [0.05, 0.1) is 19.3 Å². The van der Waals surface area contributed by atoms with Gasteiger partial charge in [-0.2, -0.15) is 0 Å². The molecule has 1 aromatic carbocycles. The van der Waals surface area contributed by atoms with Crippen molar-refractivity contribution in [3.05, 3.63) is 71.0 Å². The summed E-state index contributed by atoms with van der Waals surface area (Å²) in [6.07, 6.45) is 5.00. The Morgan fingerprint density at radius 2 is 2.00 bits per heavy atom. The number of rotatable bonds is 3. The van der Waals surface area contributed by atoms with Gasteiger partial charge in [-0.25, -0.2) is 4.98 Å². The van der Waals surface area contributed by atoms with Gasteiger partial charge < -0.3 is 4.74 Å². The molecule has 4 heteroatoms. The molecule has 2 aliphatic rings. The summed E-state index contributed by atoms with van der Waals surface area (Å²) in [4.78, 5) is 6.76. The molecule has 3 nitrogen and oxygen atoms in total. The molecule has 1 saturated heterocycles. The van der Waals surface area contributed by atoms with E-state index in [1.54, 1.807) is 6.20 Å². The highest BCUT2D eigenvalue weighted by Gasteiger charge is 2.35. The molecule has 0 spiro atoms. The first-order valence-electron chi connectivity index (χ1n) is 8.00. The van der Waals surface area contributed by atoms with Crippen LogP contribution < -0.4 is 0 Å². The van der Waals surface area contributed by atoms with E-state index in [1.165, 1.54) is 11.1 Å². The van der Waals surface area contributed by atoms with Crippen LogP contribution in [-0.4, -0.2) is 35.2 Å². The van der Waals surface area contributed by atoms with Crippen LogP contribution in [0.3, 0.4) is 0 Å². The van der Waals surface area contributed by atoms with Gasteiger partial charge in [0.1, 0.15) is 5.15 Å². The van der Waals surface area contributed by atoms with Crippen LogP contribution in [0.25, 0.3) is 5.57 Å². The van der Waals surface area contributed by atoms with E-state index in [4.69, 9.17) is 16.3 Å². The highest BCUT2D eigenvalue weighted by Crippen LogP contribution is 2.35. The maximum absolute atomic E-state index is 6.28. The molecule has 23 heavy (non-hydrogen) atoms. The van der Waals surface area contributed by atoms with Crippen LogP contribution in [0.1, 0.15) is 17.5 Å². The largest absolute Gasteiger partial charge is 0.378 e. The Bertz CT molecular complexity index is 716. The second kappa shape index (κ2) is 6.44. The van der Waals surface area contributed by atoms with Crippen LogP contribution in [0.15, 0.2) is 54.7 Å². The lowest BCUT2D eigenvalue weighted by Gasteiger charge is -2.44. The maximum atomic E-state index is 6.28. The van der Waals surface area contributed by atoms with Gasteiger partial charge in [-0.3, -0.25) is 4.90 Å². The molecule has 1 aromatic heterocycles. The Morgan fingerprint density at radius 1 is 1.13 bits per heavy atom. The van der Waals surface area contributed by atoms with Crippen molar-refractivity contribution in [1.29, 1.82) is 0 Å². The lowest BCUT2D eigenvalue weighted by Crippen LogP contribution is -2.53. The Balaban J connectivity index is 1.62. The summed E-state index contributed by atoms with van der Waals surface area (Å²) in [5.41, 5.74) is 3.71.